The highest BCUT2D eigenvalue weighted by molar-refractivity contribution is 6.10. The zero-order chi connectivity index (χ0) is 19.0. The van der Waals surface area contributed by atoms with Crippen LogP contribution in [0, 0.1) is 0 Å². The molecule has 4 rings (SSSR count). The van der Waals surface area contributed by atoms with Crippen LogP contribution in [0.15, 0.2) is 41.0 Å². The Hall–Kier alpha value is -3.13. The first kappa shape index (κ1) is 17.3. The highest BCUT2D eigenvalue weighted by atomic mass is 16.3. The van der Waals surface area contributed by atoms with Crippen LogP contribution in [-0.4, -0.2) is 66.8 Å². The van der Waals surface area contributed by atoms with Crippen LogP contribution in [-0.2, 0) is 9.59 Å². The van der Waals surface area contributed by atoms with E-state index < -0.39 is 6.04 Å². The van der Waals surface area contributed by atoms with Gasteiger partial charge in [-0.05, 0) is 30.3 Å². The molecule has 1 aromatic heterocycles. The van der Waals surface area contributed by atoms with Crippen LogP contribution in [0.25, 0.3) is 11.3 Å². The summed E-state index contributed by atoms with van der Waals surface area (Å²) >= 11 is 0. The number of carbonyl (C=O) groups excluding carboxylic acids is 3. The van der Waals surface area contributed by atoms with Gasteiger partial charge in [0.1, 0.15) is 11.8 Å². The SMILES string of the molecule is C[NH2+]CC(=O)N1CCN2C(=O)c3cc(-c4ccco4)ccc3NC(=O)[C@H]2C1. The minimum atomic E-state index is -0.688. The molecule has 0 spiro atoms. The van der Waals surface area contributed by atoms with E-state index in [4.69, 9.17) is 4.42 Å². The predicted octanol–water partition coefficient (Wildman–Crippen LogP) is -0.255. The van der Waals surface area contributed by atoms with Crippen LogP contribution in [0.4, 0.5) is 5.69 Å². The van der Waals surface area contributed by atoms with Gasteiger partial charge in [-0.1, -0.05) is 0 Å². The zero-order valence-corrected chi connectivity index (χ0v) is 15.0. The Morgan fingerprint density at radius 1 is 1.30 bits per heavy atom. The van der Waals surface area contributed by atoms with Gasteiger partial charge in [-0.3, -0.25) is 14.4 Å². The second-order valence-corrected chi connectivity index (χ2v) is 6.69. The lowest BCUT2D eigenvalue weighted by molar-refractivity contribution is -0.616. The number of hydrogen-bond donors (Lipinski definition) is 2. The minimum absolute atomic E-state index is 0.0285. The van der Waals surface area contributed by atoms with Crippen LogP contribution in [0.5, 0.6) is 0 Å². The maximum atomic E-state index is 13.1. The molecular formula is C19H21N4O4+. The number of nitrogens with one attached hydrogen (secondary N) is 1. The summed E-state index contributed by atoms with van der Waals surface area (Å²) < 4.78 is 5.41. The number of hydrogen-bond acceptors (Lipinski definition) is 4. The standard InChI is InChI=1S/C19H20N4O4/c1-20-10-17(24)22-6-7-23-15(11-22)18(25)21-14-5-4-12(9-13(14)19(23)26)16-3-2-8-27-16/h2-5,8-9,15,20H,6-7,10-11H2,1H3,(H,21,25)/p+1/t15-/m1/s1. The maximum absolute atomic E-state index is 13.1. The number of amides is 3. The average Bonchev–Trinajstić information content (AvgIpc) is 3.19. The molecule has 2 aromatic rings. The molecule has 3 amide bonds. The minimum Gasteiger partial charge on any atom is -0.464 e. The van der Waals surface area contributed by atoms with Crippen LogP contribution < -0.4 is 10.6 Å². The zero-order valence-electron chi connectivity index (χ0n) is 15.0. The molecule has 1 saturated heterocycles. The number of quaternary nitrogens is 1. The normalized spacial score (nSPS) is 19.2. The summed E-state index contributed by atoms with van der Waals surface area (Å²) in [5, 5.41) is 4.63. The van der Waals surface area contributed by atoms with Crippen molar-refractivity contribution in [3.05, 3.63) is 42.2 Å². The second-order valence-electron chi connectivity index (χ2n) is 6.69. The fourth-order valence-corrected chi connectivity index (χ4v) is 3.58. The number of furan rings is 1. The molecule has 0 bridgehead atoms. The van der Waals surface area contributed by atoms with E-state index in [1.165, 1.54) is 0 Å². The lowest BCUT2D eigenvalue weighted by Gasteiger charge is -2.39. The fourth-order valence-electron chi connectivity index (χ4n) is 3.58. The van der Waals surface area contributed by atoms with Crippen molar-refractivity contribution in [2.24, 2.45) is 0 Å². The molecule has 0 aliphatic carbocycles. The number of fused-ring (bicyclic) bond motifs is 2. The molecule has 27 heavy (non-hydrogen) atoms. The maximum Gasteiger partial charge on any atom is 0.277 e. The van der Waals surface area contributed by atoms with Gasteiger partial charge in [-0.15, -0.1) is 0 Å². The number of anilines is 1. The van der Waals surface area contributed by atoms with Gasteiger partial charge >= 0.3 is 0 Å². The van der Waals surface area contributed by atoms with Crippen molar-refractivity contribution >= 4 is 23.4 Å². The van der Waals surface area contributed by atoms with E-state index in [9.17, 15) is 14.4 Å². The summed E-state index contributed by atoms with van der Waals surface area (Å²) in [6.07, 6.45) is 1.57. The van der Waals surface area contributed by atoms with Crippen molar-refractivity contribution in [2.45, 2.75) is 6.04 Å². The van der Waals surface area contributed by atoms with E-state index in [2.05, 4.69) is 5.32 Å². The Labute approximate surface area is 156 Å². The average molecular weight is 369 g/mol. The first-order chi connectivity index (χ1) is 13.1. The number of rotatable bonds is 3. The molecule has 0 unspecified atom stereocenters. The Bertz CT molecular complexity index is 893. The molecular weight excluding hydrogens is 348 g/mol. The van der Waals surface area contributed by atoms with E-state index in [1.807, 2.05) is 19.2 Å². The van der Waals surface area contributed by atoms with E-state index in [0.29, 0.717) is 36.6 Å². The van der Waals surface area contributed by atoms with E-state index >= 15 is 0 Å². The highest BCUT2D eigenvalue weighted by Gasteiger charge is 2.40. The van der Waals surface area contributed by atoms with Gasteiger partial charge in [0, 0.05) is 18.7 Å². The molecule has 2 aliphatic heterocycles. The van der Waals surface area contributed by atoms with Gasteiger partial charge in [0.25, 0.3) is 11.8 Å². The summed E-state index contributed by atoms with van der Waals surface area (Å²) in [5.41, 5.74) is 1.68. The lowest BCUT2D eigenvalue weighted by Crippen LogP contribution is -2.83. The van der Waals surface area contributed by atoms with Gasteiger partial charge < -0.3 is 24.9 Å². The quantitative estimate of drug-likeness (QED) is 0.779. The van der Waals surface area contributed by atoms with Gasteiger partial charge in [0.2, 0.25) is 5.91 Å². The molecule has 1 fully saturated rings. The fraction of sp³-hybridized carbons (Fsp3) is 0.316. The molecule has 1 aromatic carbocycles. The van der Waals surface area contributed by atoms with Gasteiger partial charge in [-0.25, -0.2) is 0 Å². The molecule has 8 heteroatoms. The van der Waals surface area contributed by atoms with Crippen molar-refractivity contribution < 1.29 is 24.1 Å². The third kappa shape index (κ3) is 3.08. The summed E-state index contributed by atoms with van der Waals surface area (Å²) in [4.78, 5) is 41.3. The summed E-state index contributed by atoms with van der Waals surface area (Å²) in [6, 6.07) is 8.18. The van der Waals surface area contributed by atoms with E-state index in [0.717, 1.165) is 5.56 Å². The number of likely N-dealkylation sites (N-methyl/N-ethyl adjacent to an activating group) is 1. The van der Waals surface area contributed by atoms with Gasteiger partial charge in [0.15, 0.2) is 6.54 Å². The Balaban J connectivity index is 1.64. The number of carbonyl (C=O) groups is 3. The topological polar surface area (TPSA) is 99.5 Å². The molecule has 0 saturated carbocycles. The Kier molecular flexibility index (Phi) is 4.41. The molecule has 0 radical (unpaired) electrons. The van der Waals surface area contributed by atoms with Crippen molar-refractivity contribution in [3.8, 4) is 11.3 Å². The lowest BCUT2D eigenvalue weighted by atomic mass is 10.1. The van der Waals surface area contributed by atoms with E-state index in [1.54, 1.807) is 39.6 Å². The number of nitrogens with two attached hydrogens (primary N) is 1. The smallest absolute Gasteiger partial charge is 0.277 e. The first-order valence-corrected chi connectivity index (χ1v) is 8.94. The van der Waals surface area contributed by atoms with Crippen LogP contribution in [0.1, 0.15) is 10.4 Å². The number of piperazine rings is 1. The summed E-state index contributed by atoms with van der Waals surface area (Å²) in [6.45, 7) is 1.30. The largest absolute Gasteiger partial charge is 0.464 e. The molecule has 3 heterocycles. The number of benzene rings is 1. The van der Waals surface area contributed by atoms with Gasteiger partial charge in [0.05, 0.1) is 31.1 Å². The number of nitrogens with zero attached hydrogens (tertiary/aromatic N) is 2. The predicted molar refractivity (Wildman–Crippen MR) is 96.9 cm³/mol. The Morgan fingerprint density at radius 3 is 2.89 bits per heavy atom. The van der Waals surface area contributed by atoms with Crippen LogP contribution >= 0.6 is 0 Å². The first-order valence-electron chi connectivity index (χ1n) is 8.94. The van der Waals surface area contributed by atoms with Gasteiger partial charge in [-0.2, -0.15) is 0 Å². The third-order valence-electron chi connectivity index (χ3n) is 4.99. The molecule has 1 atom stereocenters. The third-order valence-corrected chi connectivity index (χ3v) is 4.99. The highest BCUT2D eigenvalue weighted by Crippen LogP contribution is 2.30. The summed E-state index contributed by atoms with van der Waals surface area (Å²) in [5.74, 6) is 0.143. The Morgan fingerprint density at radius 2 is 2.15 bits per heavy atom. The van der Waals surface area contributed by atoms with Crippen LogP contribution in [0.3, 0.4) is 0 Å². The molecule has 2 aliphatic rings. The van der Waals surface area contributed by atoms with Crippen molar-refractivity contribution in [2.75, 3.05) is 38.5 Å². The van der Waals surface area contributed by atoms with Crippen LogP contribution in [0.2, 0.25) is 0 Å². The molecule has 8 nitrogen and oxygen atoms in total. The summed E-state index contributed by atoms with van der Waals surface area (Å²) in [7, 11) is 1.82. The molecule has 3 N–H and O–H groups in total. The van der Waals surface area contributed by atoms with Crippen molar-refractivity contribution in [3.63, 3.8) is 0 Å². The molecule has 140 valence electrons. The monoisotopic (exact) mass is 369 g/mol. The van der Waals surface area contributed by atoms with Crippen molar-refractivity contribution in [1.82, 2.24) is 9.80 Å². The van der Waals surface area contributed by atoms with Crippen molar-refractivity contribution in [1.29, 1.82) is 0 Å². The second kappa shape index (κ2) is 6.88. The van der Waals surface area contributed by atoms with E-state index in [-0.39, 0.29) is 24.3 Å².